The minimum Gasteiger partial charge on any atom is -0.379 e. The van der Waals surface area contributed by atoms with Gasteiger partial charge in [0.2, 0.25) is 0 Å². The fourth-order valence-corrected chi connectivity index (χ4v) is 2.01. The summed E-state index contributed by atoms with van der Waals surface area (Å²) in [5, 5.41) is 16.4. The predicted octanol–water partition coefficient (Wildman–Crippen LogP) is 2.32. The lowest BCUT2D eigenvalue weighted by Gasteiger charge is -2.11. The Morgan fingerprint density at radius 2 is 2.13 bits per heavy atom. The van der Waals surface area contributed by atoms with E-state index in [0.717, 1.165) is 6.42 Å². The van der Waals surface area contributed by atoms with Crippen LogP contribution in [0.1, 0.15) is 36.2 Å². The highest BCUT2D eigenvalue weighted by atomic mass is 32.1. The number of aryl methyl sites for hydroxylation is 1. The number of rotatable bonds is 7. The van der Waals surface area contributed by atoms with Crippen LogP contribution in [0.2, 0.25) is 0 Å². The van der Waals surface area contributed by atoms with Crippen molar-refractivity contribution >= 4 is 28.9 Å². The van der Waals surface area contributed by atoms with Gasteiger partial charge in [0, 0.05) is 30.3 Å². The summed E-state index contributed by atoms with van der Waals surface area (Å²) in [5.74, 6) is -0.404. The van der Waals surface area contributed by atoms with E-state index in [9.17, 15) is 14.9 Å². The van der Waals surface area contributed by atoms with E-state index in [1.807, 2.05) is 13.8 Å². The summed E-state index contributed by atoms with van der Waals surface area (Å²) in [6.07, 6.45) is 0.956. The van der Waals surface area contributed by atoms with Crippen molar-refractivity contribution in [3.05, 3.63) is 39.4 Å². The van der Waals surface area contributed by atoms with Gasteiger partial charge in [-0.2, -0.15) is 0 Å². The molecule has 23 heavy (non-hydrogen) atoms. The number of benzene rings is 1. The fourth-order valence-electron chi connectivity index (χ4n) is 1.81. The lowest BCUT2D eigenvalue weighted by atomic mass is 10.1. The molecular formula is C15H21N3O4S. The molecule has 8 heteroatoms. The van der Waals surface area contributed by atoms with Gasteiger partial charge in [-0.15, -0.1) is 0 Å². The molecule has 0 saturated heterocycles. The highest BCUT2D eigenvalue weighted by Gasteiger charge is 2.14. The van der Waals surface area contributed by atoms with Crippen LogP contribution in [0.25, 0.3) is 0 Å². The summed E-state index contributed by atoms with van der Waals surface area (Å²) < 4.78 is 5.39. The number of carbonyl (C=O) groups excluding carboxylic acids is 1. The van der Waals surface area contributed by atoms with E-state index in [2.05, 4.69) is 10.6 Å². The lowest BCUT2D eigenvalue weighted by Crippen LogP contribution is -2.39. The third-order valence-electron chi connectivity index (χ3n) is 2.94. The van der Waals surface area contributed by atoms with E-state index in [4.69, 9.17) is 17.0 Å². The molecule has 0 radical (unpaired) electrons. The highest BCUT2D eigenvalue weighted by Crippen LogP contribution is 2.18. The summed E-state index contributed by atoms with van der Waals surface area (Å²) in [6, 6.07) is 4.18. The molecule has 2 N–H and O–H groups in total. The van der Waals surface area contributed by atoms with Crippen molar-refractivity contribution in [3.8, 4) is 0 Å². The molecule has 0 saturated carbocycles. The molecule has 1 rings (SSSR count). The van der Waals surface area contributed by atoms with Gasteiger partial charge in [0.25, 0.3) is 11.6 Å². The number of carbonyl (C=O) groups is 1. The van der Waals surface area contributed by atoms with Gasteiger partial charge in [-0.05, 0) is 51.5 Å². The van der Waals surface area contributed by atoms with Gasteiger partial charge in [-0.25, -0.2) is 0 Å². The average molecular weight is 339 g/mol. The number of hydrogen-bond donors (Lipinski definition) is 2. The van der Waals surface area contributed by atoms with Crippen molar-refractivity contribution in [2.45, 2.75) is 33.3 Å². The SMILES string of the molecule is Cc1cc(C(=O)NC(=S)NCCCOC(C)C)ccc1[N+](=O)[O-]. The smallest absolute Gasteiger partial charge is 0.272 e. The molecule has 0 aromatic heterocycles. The molecule has 0 spiro atoms. The molecule has 0 bridgehead atoms. The summed E-state index contributed by atoms with van der Waals surface area (Å²) in [6.45, 7) is 6.71. The normalized spacial score (nSPS) is 10.4. The van der Waals surface area contributed by atoms with Crippen LogP contribution in [0.4, 0.5) is 5.69 Å². The van der Waals surface area contributed by atoms with Crippen molar-refractivity contribution in [2.75, 3.05) is 13.2 Å². The zero-order chi connectivity index (χ0) is 17.4. The molecule has 7 nitrogen and oxygen atoms in total. The first-order valence-electron chi connectivity index (χ1n) is 7.27. The average Bonchev–Trinajstić information content (AvgIpc) is 2.45. The zero-order valence-corrected chi connectivity index (χ0v) is 14.2. The third-order valence-corrected chi connectivity index (χ3v) is 3.19. The summed E-state index contributed by atoms with van der Waals surface area (Å²) in [4.78, 5) is 22.3. The maximum atomic E-state index is 12.0. The van der Waals surface area contributed by atoms with Crippen LogP contribution >= 0.6 is 12.2 Å². The van der Waals surface area contributed by atoms with Crippen molar-refractivity contribution in [1.82, 2.24) is 10.6 Å². The van der Waals surface area contributed by atoms with Crippen LogP contribution in [-0.2, 0) is 4.74 Å². The first-order valence-corrected chi connectivity index (χ1v) is 7.68. The largest absolute Gasteiger partial charge is 0.379 e. The highest BCUT2D eigenvalue weighted by molar-refractivity contribution is 7.80. The fraction of sp³-hybridized carbons (Fsp3) is 0.467. The second kappa shape index (κ2) is 9.16. The zero-order valence-electron chi connectivity index (χ0n) is 13.4. The van der Waals surface area contributed by atoms with E-state index in [0.29, 0.717) is 24.3 Å². The molecule has 0 unspecified atom stereocenters. The molecule has 1 aromatic carbocycles. The number of thiocarbonyl (C=S) groups is 1. The van der Waals surface area contributed by atoms with Gasteiger partial charge in [0.1, 0.15) is 0 Å². The van der Waals surface area contributed by atoms with E-state index < -0.39 is 10.8 Å². The van der Waals surface area contributed by atoms with Crippen LogP contribution in [0.5, 0.6) is 0 Å². The minimum atomic E-state index is -0.484. The lowest BCUT2D eigenvalue weighted by molar-refractivity contribution is -0.385. The topological polar surface area (TPSA) is 93.5 Å². The number of nitrogens with one attached hydrogen (secondary N) is 2. The van der Waals surface area contributed by atoms with Gasteiger partial charge in [0.05, 0.1) is 11.0 Å². The Morgan fingerprint density at radius 3 is 2.70 bits per heavy atom. The predicted molar refractivity (Wildman–Crippen MR) is 91.6 cm³/mol. The monoisotopic (exact) mass is 339 g/mol. The van der Waals surface area contributed by atoms with Crippen molar-refractivity contribution in [1.29, 1.82) is 0 Å². The molecule has 1 amide bonds. The number of nitro groups is 1. The van der Waals surface area contributed by atoms with Gasteiger partial charge in [-0.1, -0.05) is 0 Å². The Hall–Kier alpha value is -2.06. The maximum absolute atomic E-state index is 12.0. The Balaban J connectivity index is 2.45. The molecule has 0 aliphatic rings. The number of amides is 1. The Kier molecular flexibility index (Phi) is 7.56. The van der Waals surface area contributed by atoms with Gasteiger partial charge >= 0.3 is 0 Å². The van der Waals surface area contributed by atoms with E-state index in [-0.39, 0.29) is 16.9 Å². The quantitative estimate of drug-likeness (QED) is 0.343. The molecule has 0 fully saturated rings. The molecule has 126 valence electrons. The van der Waals surface area contributed by atoms with Crippen molar-refractivity contribution in [3.63, 3.8) is 0 Å². The minimum absolute atomic E-state index is 0.0209. The first-order chi connectivity index (χ1) is 10.8. The van der Waals surface area contributed by atoms with Gasteiger partial charge in [0.15, 0.2) is 5.11 Å². The summed E-state index contributed by atoms with van der Waals surface area (Å²) in [5.41, 5.74) is 0.722. The summed E-state index contributed by atoms with van der Waals surface area (Å²) in [7, 11) is 0. The molecule has 0 aliphatic heterocycles. The molecule has 0 atom stereocenters. The molecule has 0 heterocycles. The van der Waals surface area contributed by atoms with Crippen molar-refractivity contribution < 1.29 is 14.5 Å². The number of ether oxygens (including phenoxy) is 1. The van der Waals surface area contributed by atoms with Crippen molar-refractivity contribution in [2.24, 2.45) is 0 Å². The standard InChI is InChI=1S/C15H21N3O4S/c1-10(2)22-8-4-7-16-15(23)17-14(19)12-5-6-13(18(20)21)11(3)9-12/h5-6,9-10H,4,7-8H2,1-3H3,(H2,16,17,19,23). The number of nitro benzene ring substituents is 1. The van der Waals surface area contributed by atoms with E-state index in [1.165, 1.54) is 18.2 Å². The Bertz CT molecular complexity index is 590. The Morgan fingerprint density at radius 1 is 1.43 bits per heavy atom. The van der Waals surface area contributed by atoms with E-state index in [1.54, 1.807) is 6.92 Å². The number of nitrogens with zero attached hydrogens (tertiary/aromatic N) is 1. The third kappa shape index (κ3) is 6.70. The summed E-state index contributed by atoms with van der Waals surface area (Å²) >= 11 is 5.04. The molecule has 1 aromatic rings. The van der Waals surface area contributed by atoms with Crippen LogP contribution in [0, 0.1) is 17.0 Å². The number of hydrogen-bond acceptors (Lipinski definition) is 5. The maximum Gasteiger partial charge on any atom is 0.272 e. The van der Waals surface area contributed by atoms with Gasteiger partial charge < -0.3 is 10.1 Å². The first kappa shape index (κ1) is 19.0. The second-order valence-corrected chi connectivity index (χ2v) is 5.65. The van der Waals surface area contributed by atoms with Gasteiger partial charge in [-0.3, -0.25) is 20.2 Å². The molecular weight excluding hydrogens is 318 g/mol. The van der Waals surface area contributed by atoms with Crippen LogP contribution < -0.4 is 10.6 Å². The van der Waals surface area contributed by atoms with Crippen LogP contribution in [-0.4, -0.2) is 35.2 Å². The van der Waals surface area contributed by atoms with Crippen LogP contribution in [0.3, 0.4) is 0 Å². The second-order valence-electron chi connectivity index (χ2n) is 5.24. The molecule has 0 aliphatic carbocycles. The van der Waals surface area contributed by atoms with Crippen LogP contribution in [0.15, 0.2) is 18.2 Å². The Labute approximate surface area is 140 Å². The van der Waals surface area contributed by atoms with E-state index >= 15 is 0 Å².